The maximum Gasteiger partial charge on any atom is 0.264 e. The molecule has 2 amide bonds. The van der Waals surface area contributed by atoms with Gasteiger partial charge in [-0.25, -0.2) is 8.42 Å². The fraction of sp³-hybridized carbons (Fsp3) is 0.524. The van der Waals surface area contributed by atoms with Crippen LogP contribution in [-0.4, -0.2) is 60.7 Å². The van der Waals surface area contributed by atoms with Crippen molar-refractivity contribution in [1.29, 1.82) is 0 Å². The topological polar surface area (TPSA) is 98.8 Å². The number of sulfonamides is 1. The molecule has 3 aliphatic rings. The molecule has 0 aromatic heterocycles. The Hall–Kier alpha value is -2.39. The first-order valence-corrected chi connectivity index (χ1v) is 11.9. The highest BCUT2D eigenvalue weighted by Gasteiger charge is 2.42. The molecule has 4 rings (SSSR count). The molecule has 0 unspecified atom stereocenters. The Bertz CT molecular complexity index is 934. The number of amides is 2. The lowest BCUT2D eigenvalue weighted by molar-refractivity contribution is -0.138. The van der Waals surface area contributed by atoms with Crippen LogP contribution in [0.15, 0.2) is 41.6 Å². The maximum atomic E-state index is 13.3. The fourth-order valence-electron chi connectivity index (χ4n) is 4.18. The Morgan fingerprint density at radius 3 is 2.37 bits per heavy atom. The van der Waals surface area contributed by atoms with Crippen LogP contribution in [0.1, 0.15) is 37.7 Å². The third-order valence-electron chi connectivity index (χ3n) is 5.95. The van der Waals surface area contributed by atoms with Crippen LogP contribution in [0.25, 0.3) is 0 Å². The van der Waals surface area contributed by atoms with Crippen LogP contribution in [-0.2, 0) is 19.6 Å². The number of nitrogens with one attached hydrogen (secondary N) is 2. The Balaban J connectivity index is 1.57. The minimum absolute atomic E-state index is 0.0994. The molecule has 30 heavy (non-hydrogen) atoms. The van der Waals surface area contributed by atoms with Gasteiger partial charge in [0.05, 0.1) is 11.3 Å². The molecule has 1 saturated heterocycles. The van der Waals surface area contributed by atoms with E-state index >= 15 is 0 Å². The molecule has 2 fully saturated rings. The number of hydrogen-bond donors (Lipinski definition) is 2. The summed E-state index contributed by atoms with van der Waals surface area (Å²) in [5.41, 5.74) is 0.939. The molecule has 0 radical (unpaired) electrons. The van der Waals surface area contributed by atoms with Crippen LogP contribution in [0, 0.1) is 6.92 Å². The summed E-state index contributed by atoms with van der Waals surface area (Å²) in [5.74, 6) is -0.633. The molecule has 1 atom stereocenters. The fourth-order valence-corrected chi connectivity index (χ4v) is 5.63. The van der Waals surface area contributed by atoms with E-state index in [-0.39, 0.29) is 29.3 Å². The van der Waals surface area contributed by atoms with E-state index < -0.39 is 22.0 Å². The second-order valence-corrected chi connectivity index (χ2v) is 10.0. The van der Waals surface area contributed by atoms with Gasteiger partial charge in [-0.3, -0.25) is 13.9 Å². The normalized spacial score (nSPS) is 22.6. The number of piperidine rings is 1. The zero-order valence-electron chi connectivity index (χ0n) is 17.1. The van der Waals surface area contributed by atoms with Gasteiger partial charge in [-0.2, -0.15) is 0 Å². The van der Waals surface area contributed by atoms with Gasteiger partial charge in [-0.1, -0.05) is 17.7 Å². The Labute approximate surface area is 177 Å². The molecule has 2 N–H and O–H groups in total. The molecular weight excluding hydrogens is 404 g/mol. The van der Waals surface area contributed by atoms with Crippen molar-refractivity contribution < 1.29 is 18.0 Å². The van der Waals surface area contributed by atoms with E-state index in [0.717, 1.165) is 48.6 Å². The molecule has 1 aromatic carbocycles. The van der Waals surface area contributed by atoms with Crippen LogP contribution in [0.2, 0.25) is 0 Å². The average molecular weight is 433 g/mol. The molecule has 1 aliphatic carbocycles. The van der Waals surface area contributed by atoms with E-state index in [2.05, 4.69) is 10.6 Å². The van der Waals surface area contributed by atoms with Gasteiger partial charge in [-0.05, 0) is 57.8 Å². The zero-order chi connectivity index (χ0) is 21.3. The summed E-state index contributed by atoms with van der Waals surface area (Å²) in [7, 11) is -3.96. The van der Waals surface area contributed by atoms with E-state index in [1.165, 1.54) is 24.5 Å². The van der Waals surface area contributed by atoms with Crippen molar-refractivity contribution in [2.45, 2.75) is 62.0 Å². The minimum atomic E-state index is -3.96. The summed E-state index contributed by atoms with van der Waals surface area (Å²) in [6.45, 7) is 3.60. The van der Waals surface area contributed by atoms with Crippen molar-refractivity contribution >= 4 is 21.8 Å². The van der Waals surface area contributed by atoms with Crippen molar-refractivity contribution in [2.24, 2.45) is 0 Å². The first-order chi connectivity index (χ1) is 14.4. The SMILES string of the molecule is Cc1ccc(S(=O)(=O)N2C=CNC(=O)[C@H]2CC(=O)N(C2CCNCC2)C2CC2)cc1. The van der Waals surface area contributed by atoms with Gasteiger partial charge in [-0.15, -0.1) is 0 Å². The first-order valence-electron chi connectivity index (χ1n) is 10.5. The highest BCUT2D eigenvalue weighted by Crippen LogP contribution is 2.33. The van der Waals surface area contributed by atoms with E-state index in [1.54, 1.807) is 12.1 Å². The smallest absolute Gasteiger partial charge is 0.264 e. The van der Waals surface area contributed by atoms with Crippen LogP contribution in [0.3, 0.4) is 0 Å². The molecular formula is C21H28N4O4S. The van der Waals surface area contributed by atoms with E-state index in [1.807, 2.05) is 11.8 Å². The second kappa shape index (κ2) is 8.39. The lowest BCUT2D eigenvalue weighted by atomic mass is 10.0. The van der Waals surface area contributed by atoms with Gasteiger partial charge >= 0.3 is 0 Å². The molecule has 1 aromatic rings. The second-order valence-electron chi connectivity index (χ2n) is 8.21. The Morgan fingerprint density at radius 2 is 1.73 bits per heavy atom. The summed E-state index contributed by atoms with van der Waals surface area (Å²) in [4.78, 5) is 27.9. The number of benzene rings is 1. The molecule has 9 heteroatoms. The summed E-state index contributed by atoms with van der Waals surface area (Å²) >= 11 is 0. The van der Waals surface area contributed by atoms with Crippen molar-refractivity contribution in [3.8, 4) is 0 Å². The number of aryl methyl sites for hydroxylation is 1. The summed E-state index contributed by atoms with van der Waals surface area (Å²) in [6.07, 6.45) is 6.17. The number of nitrogens with zero attached hydrogens (tertiary/aromatic N) is 2. The molecule has 1 saturated carbocycles. The third-order valence-corrected chi connectivity index (χ3v) is 7.75. The Kier molecular flexibility index (Phi) is 5.84. The van der Waals surface area contributed by atoms with E-state index in [4.69, 9.17) is 0 Å². The highest BCUT2D eigenvalue weighted by atomic mass is 32.2. The van der Waals surface area contributed by atoms with Gasteiger partial charge in [0, 0.05) is 24.5 Å². The number of carbonyl (C=O) groups is 2. The molecule has 2 aliphatic heterocycles. The van der Waals surface area contributed by atoms with Crippen LogP contribution in [0.4, 0.5) is 0 Å². The first kappa shape index (κ1) is 20.9. The Morgan fingerprint density at radius 1 is 1.10 bits per heavy atom. The molecule has 162 valence electrons. The van der Waals surface area contributed by atoms with Gasteiger partial charge in [0.15, 0.2) is 0 Å². The van der Waals surface area contributed by atoms with Crippen molar-refractivity contribution in [2.75, 3.05) is 13.1 Å². The van der Waals surface area contributed by atoms with Gasteiger partial charge in [0.25, 0.3) is 10.0 Å². The average Bonchev–Trinajstić information content (AvgIpc) is 3.56. The monoisotopic (exact) mass is 432 g/mol. The predicted octanol–water partition coefficient (Wildman–Crippen LogP) is 1.09. The lowest BCUT2D eigenvalue weighted by Gasteiger charge is -2.37. The number of hydrogen-bond acceptors (Lipinski definition) is 5. The molecule has 0 bridgehead atoms. The molecule has 8 nitrogen and oxygen atoms in total. The summed E-state index contributed by atoms with van der Waals surface area (Å²) in [6, 6.07) is 5.74. The van der Waals surface area contributed by atoms with Gasteiger partial charge in [0.1, 0.15) is 6.04 Å². The quantitative estimate of drug-likeness (QED) is 0.701. The van der Waals surface area contributed by atoms with Crippen LogP contribution >= 0.6 is 0 Å². The minimum Gasteiger partial charge on any atom is -0.337 e. The lowest BCUT2D eigenvalue weighted by Crippen LogP contribution is -2.53. The maximum absolute atomic E-state index is 13.3. The van der Waals surface area contributed by atoms with E-state index in [0.29, 0.717) is 0 Å². The van der Waals surface area contributed by atoms with Crippen molar-refractivity contribution in [1.82, 2.24) is 19.8 Å². The molecule has 0 spiro atoms. The van der Waals surface area contributed by atoms with Crippen molar-refractivity contribution in [3.05, 3.63) is 42.2 Å². The van der Waals surface area contributed by atoms with E-state index in [9.17, 15) is 18.0 Å². The number of rotatable bonds is 6. The van der Waals surface area contributed by atoms with Gasteiger partial charge in [0.2, 0.25) is 11.8 Å². The molecule has 2 heterocycles. The van der Waals surface area contributed by atoms with Crippen LogP contribution < -0.4 is 10.6 Å². The highest BCUT2D eigenvalue weighted by molar-refractivity contribution is 7.89. The van der Waals surface area contributed by atoms with Crippen molar-refractivity contribution in [3.63, 3.8) is 0 Å². The van der Waals surface area contributed by atoms with Gasteiger partial charge < -0.3 is 15.5 Å². The predicted molar refractivity (Wildman–Crippen MR) is 112 cm³/mol. The number of carbonyl (C=O) groups excluding carboxylic acids is 2. The summed E-state index contributed by atoms with van der Waals surface area (Å²) < 4.78 is 27.5. The zero-order valence-corrected chi connectivity index (χ0v) is 17.9. The standard InChI is InChI=1S/C21H28N4O4S/c1-15-2-6-18(7-3-15)30(28,29)24-13-12-23-21(27)19(24)14-20(26)25(16-4-5-16)17-8-10-22-11-9-17/h2-3,6-7,12-13,16-17,19,22H,4-5,8-11,14H2,1H3,(H,23,27)/t19-/m1/s1. The van der Waals surface area contributed by atoms with Crippen LogP contribution in [0.5, 0.6) is 0 Å². The largest absolute Gasteiger partial charge is 0.337 e. The third kappa shape index (κ3) is 4.22. The summed E-state index contributed by atoms with van der Waals surface area (Å²) in [5, 5.41) is 5.86.